The predicted octanol–water partition coefficient (Wildman–Crippen LogP) is 0.966. The van der Waals surface area contributed by atoms with Crippen molar-refractivity contribution >= 4 is 21.9 Å². The summed E-state index contributed by atoms with van der Waals surface area (Å²) in [6.07, 6.45) is 6.29. The third-order valence-electron chi connectivity index (χ3n) is 5.66. The van der Waals surface area contributed by atoms with E-state index in [4.69, 9.17) is 0 Å². The number of anilines is 1. The molecule has 0 spiro atoms. The van der Waals surface area contributed by atoms with Crippen molar-refractivity contribution in [3.8, 4) is 0 Å². The van der Waals surface area contributed by atoms with Crippen molar-refractivity contribution in [1.82, 2.24) is 19.2 Å². The molecule has 27 heavy (non-hydrogen) atoms. The van der Waals surface area contributed by atoms with Gasteiger partial charge in [0, 0.05) is 46.1 Å². The molecule has 0 bridgehead atoms. The number of carbonyl (C=O) groups is 1. The summed E-state index contributed by atoms with van der Waals surface area (Å²) in [5.74, 6) is 0.678. The molecule has 0 saturated carbocycles. The molecule has 150 valence electrons. The second kappa shape index (κ2) is 7.71. The van der Waals surface area contributed by atoms with Crippen LogP contribution in [0.1, 0.15) is 32.6 Å². The smallest absolute Gasteiger partial charge is 0.231 e. The highest BCUT2D eigenvalue weighted by molar-refractivity contribution is 7.89. The molecule has 1 amide bonds. The zero-order valence-corrected chi connectivity index (χ0v) is 17.2. The number of nitrogens with zero attached hydrogens (tertiary/aromatic N) is 5. The maximum atomic E-state index is 13.2. The van der Waals surface area contributed by atoms with Crippen LogP contribution >= 0.6 is 0 Å². The van der Waals surface area contributed by atoms with E-state index in [0.29, 0.717) is 25.3 Å². The van der Waals surface area contributed by atoms with Gasteiger partial charge in [-0.15, -0.1) is 0 Å². The number of carbonyl (C=O) groups excluding carboxylic acids is 1. The van der Waals surface area contributed by atoms with Gasteiger partial charge in [0.1, 0.15) is 0 Å². The number of unbranched alkanes of at least 4 members (excludes halogenated alkanes) is 1. The van der Waals surface area contributed by atoms with E-state index in [-0.39, 0.29) is 24.2 Å². The molecule has 3 heterocycles. The molecule has 9 heteroatoms. The summed E-state index contributed by atoms with van der Waals surface area (Å²) >= 11 is 0. The summed E-state index contributed by atoms with van der Waals surface area (Å²) < 4.78 is 27.3. The zero-order chi connectivity index (χ0) is 19.7. The third kappa shape index (κ3) is 3.67. The van der Waals surface area contributed by atoms with Crippen LogP contribution in [-0.2, 0) is 14.8 Å². The van der Waals surface area contributed by atoms with Crippen LogP contribution in [0, 0.1) is 5.41 Å². The van der Waals surface area contributed by atoms with Gasteiger partial charge in [0.05, 0.1) is 17.2 Å². The first-order valence-corrected chi connectivity index (χ1v) is 11.2. The van der Waals surface area contributed by atoms with Crippen molar-refractivity contribution in [3.05, 3.63) is 18.5 Å². The van der Waals surface area contributed by atoms with Gasteiger partial charge in [-0.25, -0.2) is 18.4 Å². The highest BCUT2D eigenvalue weighted by atomic mass is 32.2. The Labute approximate surface area is 161 Å². The highest BCUT2D eigenvalue weighted by Crippen LogP contribution is 2.45. The van der Waals surface area contributed by atoms with E-state index in [1.54, 1.807) is 37.5 Å². The molecule has 2 aliphatic heterocycles. The van der Waals surface area contributed by atoms with Crippen LogP contribution in [0.5, 0.6) is 0 Å². The van der Waals surface area contributed by atoms with Crippen LogP contribution in [0.15, 0.2) is 18.5 Å². The van der Waals surface area contributed by atoms with Crippen molar-refractivity contribution in [2.24, 2.45) is 5.41 Å². The number of sulfonamides is 1. The van der Waals surface area contributed by atoms with Crippen LogP contribution in [0.3, 0.4) is 0 Å². The average Bonchev–Trinajstić information content (AvgIpc) is 3.08. The van der Waals surface area contributed by atoms with Gasteiger partial charge < -0.3 is 9.80 Å². The Bertz CT molecular complexity index is 770. The molecule has 0 aromatic carbocycles. The predicted molar refractivity (Wildman–Crippen MR) is 104 cm³/mol. The number of piperidine rings is 1. The molecule has 2 atom stereocenters. The number of rotatable bonds is 6. The number of fused-ring (bicyclic) bond motifs is 1. The Hall–Kier alpha value is -1.74. The largest absolute Gasteiger partial charge is 0.348 e. The van der Waals surface area contributed by atoms with Gasteiger partial charge in [-0.05, 0) is 25.3 Å². The summed E-state index contributed by atoms with van der Waals surface area (Å²) in [5, 5.41) is 0. The summed E-state index contributed by atoms with van der Waals surface area (Å²) in [6, 6.07) is 1.50. The fourth-order valence-electron chi connectivity index (χ4n) is 4.32. The molecule has 8 nitrogen and oxygen atoms in total. The van der Waals surface area contributed by atoms with Gasteiger partial charge in [0.2, 0.25) is 21.9 Å². The molecule has 0 N–H and O–H groups in total. The average molecular weight is 396 g/mol. The van der Waals surface area contributed by atoms with Crippen LogP contribution in [-0.4, -0.2) is 79.0 Å². The zero-order valence-electron chi connectivity index (χ0n) is 16.3. The second-order valence-electron chi connectivity index (χ2n) is 7.68. The number of hydrogen-bond acceptors (Lipinski definition) is 6. The molecule has 2 saturated heterocycles. The summed E-state index contributed by atoms with van der Waals surface area (Å²) in [4.78, 5) is 25.5. The molecule has 0 radical (unpaired) electrons. The molecule has 1 aromatic rings. The van der Waals surface area contributed by atoms with Crippen molar-refractivity contribution in [2.75, 3.05) is 44.4 Å². The SMILES string of the molecule is CCCCS(=O)(=O)N1C[C@H]2N(c3ncccn3)CCC[C@@]2(C(=O)N(C)C)C1. The molecular formula is C18H29N5O3S. The van der Waals surface area contributed by atoms with E-state index in [0.717, 1.165) is 19.4 Å². The lowest BCUT2D eigenvalue weighted by atomic mass is 9.74. The molecule has 1 aromatic heterocycles. The minimum atomic E-state index is -3.39. The van der Waals surface area contributed by atoms with Gasteiger partial charge in [0.15, 0.2) is 0 Å². The van der Waals surface area contributed by atoms with Gasteiger partial charge in [-0.3, -0.25) is 4.79 Å². The Balaban J connectivity index is 1.98. The topological polar surface area (TPSA) is 86.7 Å². The first-order chi connectivity index (χ1) is 12.8. The molecule has 0 aliphatic carbocycles. The number of aromatic nitrogens is 2. The summed E-state index contributed by atoms with van der Waals surface area (Å²) in [6.45, 7) is 3.25. The fraction of sp³-hybridized carbons (Fsp3) is 0.722. The van der Waals surface area contributed by atoms with Gasteiger partial charge >= 0.3 is 0 Å². The van der Waals surface area contributed by atoms with E-state index >= 15 is 0 Å². The van der Waals surface area contributed by atoms with E-state index in [2.05, 4.69) is 9.97 Å². The van der Waals surface area contributed by atoms with Crippen LogP contribution < -0.4 is 4.90 Å². The summed E-state index contributed by atoms with van der Waals surface area (Å²) in [7, 11) is 0.0847. The maximum Gasteiger partial charge on any atom is 0.231 e. The second-order valence-corrected chi connectivity index (χ2v) is 9.77. The standard InChI is InChI=1S/C18H29N5O3S/c1-4-5-12-27(25,26)22-13-15-18(14-22,16(24)21(2)3)8-6-11-23(15)17-19-9-7-10-20-17/h7,9-10,15H,4-6,8,11-14H2,1-3H3/t15-,18-/m1/s1. The van der Waals surface area contributed by atoms with Crippen molar-refractivity contribution in [1.29, 1.82) is 0 Å². The quantitative estimate of drug-likeness (QED) is 0.713. The third-order valence-corrected chi connectivity index (χ3v) is 7.53. The Morgan fingerprint density at radius 3 is 2.67 bits per heavy atom. The lowest BCUT2D eigenvalue weighted by Crippen LogP contribution is -2.58. The Morgan fingerprint density at radius 2 is 2.04 bits per heavy atom. The van der Waals surface area contributed by atoms with Crippen LogP contribution in [0.2, 0.25) is 0 Å². The van der Waals surface area contributed by atoms with E-state index in [1.807, 2.05) is 11.8 Å². The van der Waals surface area contributed by atoms with Crippen LogP contribution in [0.25, 0.3) is 0 Å². The monoisotopic (exact) mass is 395 g/mol. The van der Waals surface area contributed by atoms with Crippen LogP contribution in [0.4, 0.5) is 5.95 Å². The first kappa shape index (κ1) is 20.0. The normalized spacial score (nSPS) is 26.0. The molecular weight excluding hydrogens is 366 g/mol. The van der Waals surface area contributed by atoms with E-state index in [9.17, 15) is 13.2 Å². The lowest BCUT2D eigenvalue weighted by Gasteiger charge is -2.45. The van der Waals surface area contributed by atoms with Gasteiger partial charge in [-0.1, -0.05) is 13.3 Å². The highest BCUT2D eigenvalue weighted by Gasteiger charge is 2.58. The Kier molecular flexibility index (Phi) is 5.71. The summed E-state index contributed by atoms with van der Waals surface area (Å²) in [5.41, 5.74) is -0.750. The van der Waals surface area contributed by atoms with Crippen molar-refractivity contribution in [2.45, 2.75) is 38.6 Å². The fourth-order valence-corrected chi connectivity index (χ4v) is 6.03. The van der Waals surface area contributed by atoms with Gasteiger partial charge in [0.25, 0.3) is 0 Å². The van der Waals surface area contributed by atoms with Gasteiger partial charge in [-0.2, -0.15) is 4.31 Å². The Morgan fingerprint density at radius 1 is 1.33 bits per heavy atom. The molecule has 2 fully saturated rings. The minimum absolute atomic E-state index is 0.0127. The minimum Gasteiger partial charge on any atom is -0.348 e. The first-order valence-electron chi connectivity index (χ1n) is 9.55. The van der Waals surface area contributed by atoms with Crippen molar-refractivity contribution < 1.29 is 13.2 Å². The number of hydrogen-bond donors (Lipinski definition) is 0. The molecule has 0 unspecified atom stereocenters. The maximum absolute atomic E-state index is 13.2. The number of amides is 1. The van der Waals surface area contributed by atoms with E-state index < -0.39 is 15.4 Å². The lowest BCUT2D eigenvalue weighted by molar-refractivity contribution is -0.140. The van der Waals surface area contributed by atoms with Crippen molar-refractivity contribution in [3.63, 3.8) is 0 Å². The van der Waals surface area contributed by atoms with E-state index in [1.165, 1.54) is 4.31 Å². The molecule has 3 rings (SSSR count). The molecule has 2 aliphatic rings.